The lowest BCUT2D eigenvalue weighted by Gasteiger charge is -2.13. The molecule has 132 valence electrons. The Balaban J connectivity index is 1.77. The minimum absolute atomic E-state index is 0.0567. The monoisotopic (exact) mass is 380 g/mol. The molecule has 1 aliphatic rings. The molecule has 0 aliphatic carbocycles. The fraction of sp³-hybridized carbons (Fsp3) is 0.250. The van der Waals surface area contributed by atoms with Crippen LogP contribution in [0.25, 0.3) is 0 Å². The average molecular weight is 380 g/mol. The molecule has 1 amide bonds. The van der Waals surface area contributed by atoms with E-state index in [2.05, 4.69) is 5.32 Å². The van der Waals surface area contributed by atoms with Crippen LogP contribution in [0.1, 0.15) is 32.9 Å². The number of carboxylic acids is 1. The molecule has 25 heavy (non-hydrogen) atoms. The van der Waals surface area contributed by atoms with Crippen LogP contribution in [-0.4, -0.2) is 42.8 Å². The van der Waals surface area contributed by atoms with E-state index in [1.54, 1.807) is 6.07 Å². The second-order valence-corrected chi connectivity index (χ2v) is 8.45. The van der Waals surface area contributed by atoms with Crippen LogP contribution in [-0.2, 0) is 10.0 Å². The van der Waals surface area contributed by atoms with Gasteiger partial charge in [0.1, 0.15) is 0 Å². The Bertz CT molecular complexity index is 914. The Morgan fingerprint density at radius 2 is 1.88 bits per heavy atom. The molecule has 1 fully saturated rings. The summed E-state index contributed by atoms with van der Waals surface area (Å²) in [6, 6.07) is 7.21. The quantitative estimate of drug-likeness (QED) is 0.829. The van der Waals surface area contributed by atoms with E-state index in [1.165, 1.54) is 34.0 Å². The number of thiophene rings is 1. The van der Waals surface area contributed by atoms with Gasteiger partial charge in [0.2, 0.25) is 10.0 Å². The van der Waals surface area contributed by atoms with E-state index >= 15 is 0 Å². The normalized spacial score (nSPS) is 15.2. The van der Waals surface area contributed by atoms with E-state index in [0.29, 0.717) is 18.8 Å². The van der Waals surface area contributed by atoms with Crippen molar-refractivity contribution in [1.82, 2.24) is 4.31 Å². The summed E-state index contributed by atoms with van der Waals surface area (Å²) < 4.78 is 26.4. The number of aromatic carboxylic acids is 1. The number of carbonyl (C=O) groups excluding carboxylic acids is 1. The van der Waals surface area contributed by atoms with Crippen molar-refractivity contribution in [1.29, 1.82) is 0 Å². The molecular weight excluding hydrogens is 364 g/mol. The molecule has 3 rings (SSSR count). The minimum Gasteiger partial charge on any atom is -0.478 e. The Labute approximate surface area is 149 Å². The van der Waals surface area contributed by atoms with Crippen molar-refractivity contribution in [2.45, 2.75) is 17.7 Å². The highest BCUT2D eigenvalue weighted by Crippen LogP contribution is 2.26. The zero-order chi connectivity index (χ0) is 18.0. The lowest BCUT2D eigenvalue weighted by atomic mass is 10.2. The van der Waals surface area contributed by atoms with Gasteiger partial charge in [0.25, 0.3) is 5.91 Å². The third-order valence-corrected chi connectivity index (χ3v) is 6.82. The van der Waals surface area contributed by atoms with Crippen LogP contribution in [0.4, 0.5) is 5.69 Å². The van der Waals surface area contributed by atoms with E-state index in [-0.39, 0.29) is 15.3 Å². The van der Waals surface area contributed by atoms with Crippen LogP contribution >= 0.6 is 11.3 Å². The number of carboxylic acid groups (broad SMARTS) is 1. The fourth-order valence-electron chi connectivity index (χ4n) is 2.57. The van der Waals surface area contributed by atoms with Crippen LogP contribution in [0.2, 0.25) is 0 Å². The predicted octanol–water partition coefficient (Wildman–Crippen LogP) is 2.48. The predicted molar refractivity (Wildman–Crippen MR) is 93.7 cm³/mol. The number of nitrogens with zero attached hydrogens (tertiary/aromatic N) is 1. The molecule has 7 nitrogen and oxygen atoms in total. The summed E-state index contributed by atoms with van der Waals surface area (Å²) in [5.74, 6) is -1.57. The van der Waals surface area contributed by atoms with Crippen molar-refractivity contribution in [2.75, 3.05) is 18.4 Å². The molecule has 0 saturated carbocycles. The zero-order valence-corrected chi connectivity index (χ0v) is 14.8. The summed E-state index contributed by atoms with van der Waals surface area (Å²) in [6.45, 7) is 1.00. The molecule has 9 heteroatoms. The molecule has 0 unspecified atom stereocenters. The van der Waals surface area contributed by atoms with Gasteiger partial charge >= 0.3 is 5.97 Å². The second-order valence-electron chi connectivity index (χ2n) is 5.60. The standard InChI is InChI=1S/C16H16N2O5S2/c19-15(17-12-5-3-4-11(8-12)16(20)21)14-9-13(10-24-14)25(22,23)18-6-1-2-7-18/h3-5,8-10H,1-2,6-7H2,(H,17,19)(H,20,21). The van der Waals surface area contributed by atoms with Crippen molar-refractivity contribution in [2.24, 2.45) is 0 Å². The van der Waals surface area contributed by atoms with E-state index in [0.717, 1.165) is 24.2 Å². The molecule has 1 aromatic carbocycles. The van der Waals surface area contributed by atoms with Gasteiger partial charge in [0, 0.05) is 24.2 Å². The summed E-state index contributed by atoms with van der Waals surface area (Å²) in [5.41, 5.74) is 0.392. The van der Waals surface area contributed by atoms with E-state index in [1.807, 2.05) is 0 Å². The first-order valence-electron chi connectivity index (χ1n) is 7.61. The van der Waals surface area contributed by atoms with Gasteiger partial charge < -0.3 is 10.4 Å². The van der Waals surface area contributed by atoms with Crippen molar-refractivity contribution in [3.8, 4) is 0 Å². The van der Waals surface area contributed by atoms with Gasteiger partial charge in [-0.15, -0.1) is 11.3 Å². The minimum atomic E-state index is -3.56. The maximum atomic E-state index is 12.5. The Hall–Kier alpha value is -2.23. The molecule has 0 radical (unpaired) electrons. The molecule has 0 atom stereocenters. The van der Waals surface area contributed by atoms with Crippen LogP contribution in [0.15, 0.2) is 40.6 Å². The summed E-state index contributed by atoms with van der Waals surface area (Å²) in [4.78, 5) is 23.6. The lowest BCUT2D eigenvalue weighted by Crippen LogP contribution is -2.27. The topological polar surface area (TPSA) is 104 Å². The second kappa shape index (κ2) is 6.95. The number of rotatable bonds is 5. The summed E-state index contributed by atoms with van der Waals surface area (Å²) in [6.07, 6.45) is 1.69. The van der Waals surface area contributed by atoms with E-state index < -0.39 is 21.9 Å². The number of amides is 1. The summed E-state index contributed by atoms with van der Waals surface area (Å²) in [5, 5.41) is 13.0. The number of carbonyl (C=O) groups is 2. The van der Waals surface area contributed by atoms with Gasteiger partial charge in [0.05, 0.1) is 15.3 Å². The van der Waals surface area contributed by atoms with Crippen molar-refractivity contribution in [3.05, 3.63) is 46.2 Å². The number of hydrogen-bond acceptors (Lipinski definition) is 5. The van der Waals surface area contributed by atoms with Crippen LogP contribution < -0.4 is 5.32 Å². The van der Waals surface area contributed by atoms with Crippen LogP contribution in [0.3, 0.4) is 0 Å². The molecule has 1 saturated heterocycles. The largest absolute Gasteiger partial charge is 0.478 e. The number of nitrogens with one attached hydrogen (secondary N) is 1. The van der Waals surface area contributed by atoms with Crippen LogP contribution in [0, 0.1) is 0 Å². The first-order chi connectivity index (χ1) is 11.9. The first-order valence-corrected chi connectivity index (χ1v) is 9.93. The van der Waals surface area contributed by atoms with E-state index in [4.69, 9.17) is 5.11 Å². The highest BCUT2D eigenvalue weighted by Gasteiger charge is 2.28. The van der Waals surface area contributed by atoms with Gasteiger partial charge in [0.15, 0.2) is 0 Å². The molecule has 2 aromatic rings. The zero-order valence-electron chi connectivity index (χ0n) is 13.1. The summed E-state index contributed by atoms with van der Waals surface area (Å²) in [7, 11) is -3.56. The van der Waals surface area contributed by atoms with Gasteiger partial charge in [-0.05, 0) is 37.1 Å². The maximum absolute atomic E-state index is 12.5. The number of sulfonamides is 1. The molecule has 2 heterocycles. The van der Waals surface area contributed by atoms with E-state index in [9.17, 15) is 18.0 Å². The lowest BCUT2D eigenvalue weighted by molar-refractivity contribution is 0.0696. The smallest absolute Gasteiger partial charge is 0.335 e. The van der Waals surface area contributed by atoms with Crippen molar-refractivity contribution >= 4 is 38.9 Å². The molecular formula is C16H16N2O5S2. The number of hydrogen-bond donors (Lipinski definition) is 2. The first kappa shape index (κ1) is 17.6. The number of benzene rings is 1. The third kappa shape index (κ3) is 3.73. The van der Waals surface area contributed by atoms with Gasteiger partial charge in [-0.25, -0.2) is 13.2 Å². The van der Waals surface area contributed by atoms with Gasteiger partial charge in [-0.3, -0.25) is 4.79 Å². The van der Waals surface area contributed by atoms with Crippen LogP contribution in [0.5, 0.6) is 0 Å². The number of anilines is 1. The van der Waals surface area contributed by atoms with Gasteiger partial charge in [-0.2, -0.15) is 4.31 Å². The fourth-order valence-corrected chi connectivity index (χ4v) is 5.25. The van der Waals surface area contributed by atoms with Crippen molar-refractivity contribution in [3.63, 3.8) is 0 Å². The molecule has 1 aliphatic heterocycles. The average Bonchev–Trinajstić information content (AvgIpc) is 3.27. The Morgan fingerprint density at radius 1 is 1.16 bits per heavy atom. The highest BCUT2D eigenvalue weighted by atomic mass is 32.2. The molecule has 0 bridgehead atoms. The summed E-state index contributed by atoms with van der Waals surface area (Å²) >= 11 is 1.04. The van der Waals surface area contributed by atoms with Gasteiger partial charge in [-0.1, -0.05) is 6.07 Å². The van der Waals surface area contributed by atoms with Crippen molar-refractivity contribution < 1.29 is 23.1 Å². The SMILES string of the molecule is O=C(O)c1cccc(NC(=O)c2cc(S(=O)(=O)N3CCCC3)cs2)c1. The molecule has 0 spiro atoms. The maximum Gasteiger partial charge on any atom is 0.335 e. The Morgan fingerprint density at radius 3 is 2.56 bits per heavy atom. The molecule has 2 N–H and O–H groups in total. The third-order valence-electron chi connectivity index (χ3n) is 3.87. The Kier molecular flexibility index (Phi) is 4.89. The highest BCUT2D eigenvalue weighted by molar-refractivity contribution is 7.89. The molecule has 1 aromatic heterocycles.